The fourth-order valence-corrected chi connectivity index (χ4v) is 1.53. The average molecular weight is 216 g/mol. The SMILES string of the molecule is C=[P+](C)COC(=O)N1CCC(=O)CC1. The molecule has 1 aliphatic heterocycles. The van der Waals surface area contributed by atoms with Crippen molar-refractivity contribution >= 4 is 25.7 Å². The summed E-state index contributed by atoms with van der Waals surface area (Å²) in [4.78, 5) is 23.9. The number of likely N-dealkylation sites (tertiary alicyclic amines) is 1. The number of carbonyl (C=O) groups is 2. The summed E-state index contributed by atoms with van der Waals surface area (Å²) in [6, 6.07) is 0. The summed E-state index contributed by atoms with van der Waals surface area (Å²) >= 11 is 0. The van der Waals surface area contributed by atoms with Gasteiger partial charge in [0.1, 0.15) is 13.3 Å². The van der Waals surface area contributed by atoms with Crippen molar-refractivity contribution in [2.24, 2.45) is 0 Å². The van der Waals surface area contributed by atoms with Crippen molar-refractivity contribution in [1.29, 1.82) is 0 Å². The Balaban J connectivity index is 2.30. The number of Topliss-reactive ketones (excluding diaryl/α,β-unsaturated/α-hetero) is 1. The second-order valence-corrected chi connectivity index (χ2v) is 5.39. The number of rotatable bonds is 2. The summed E-state index contributed by atoms with van der Waals surface area (Å²) < 4.78 is 5.02. The molecule has 78 valence electrons. The summed E-state index contributed by atoms with van der Waals surface area (Å²) in [5.74, 6) is 0.226. The number of nitrogens with zero attached hydrogens (tertiary/aromatic N) is 1. The molecular formula is C9H15NO3P+. The van der Waals surface area contributed by atoms with Crippen LogP contribution in [0.3, 0.4) is 0 Å². The monoisotopic (exact) mass is 216 g/mol. The molecule has 0 bridgehead atoms. The Kier molecular flexibility index (Phi) is 4.08. The molecule has 1 rings (SSSR count). The smallest absolute Gasteiger partial charge is 0.407 e. The molecule has 0 aromatic carbocycles. The molecule has 1 amide bonds. The van der Waals surface area contributed by atoms with Gasteiger partial charge in [0.05, 0.1) is 13.0 Å². The summed E-state index contributed by atoms with van der Waals surface area (Å²) in [6.45, 7) is 2.94. The first-order valence-electron chi connectivity index (χ1n) is 4.54. The van der Waals surface area contributed by atoms with Crippen LogP contribution in [-0.4, -0.2) is 49.2 Å². The lowest BCUT2D eigenvalue weighted by molar-refractivity contribution is -0.121. The molecule has 0 aromatic heterocycles. The van der Waals surface area contributed by atoms with Crippen molar-refractivity contribution in [3.63, 3.8) is 0 Å². The molecule has 0 saturated carbocycles. The molecule has 4 nitrogen and oxygen atoms in total. The van der Waals surface area contributed by atoms with Crippen LogP contribution in [-0.2, 0) is 9.53 Å². The highest BCUT2D eigenvalue weighted by molar-refractivity contribution is 7.54. The van der Waals surface area contributed by atoms with Crippen molar-refractivity contribution < 1.29 is 14.3 Å². The molecule has 0 spiro atoms. The van der Waals surface area contributed by atoms with Gasteiger partial charge in [-0.1, -0.05) is 0 Å². The Morgan fingerprint density at radius 3 is 2.64 bits per heavy atom. The molecule has 0 N–H and O–H groups in total. The normalized spacial score (nSPS) is 17.9. The fourth-order valence-electron chi connectivity index (χ4n) is 1.20. The van der Waals surface area contributed by atoms with Crippen LogP contribution in [0.1, 0.15) is 12.8 Å². The van der Waals surface area contributed by atoms with E-state index in [9.17, 15) is 9.59 Å². The number of amides is 1. The lowest BCUT2D eigenvalue weighted by Gasteiger charge is -2.24. The topological polar surface area (TPSA) is 46.6 Å². The van der Waals surface area contributed by atoms with Crippen LogP contribution in [0.15, 0.2) is 0 Å². The van der Waals surface area contributed by atoms with E-state index in [1.54, 1.807) is 4.90 Å². The number of ether oxygens (including phenoxy) is 1. The third kappa shape index (κ3) is 3.46. The minimum atomic E-state index is -0.449. The zero-order chi connectivity index (χ0) is 10.6. The Hall–Kier alpha value is -0.890. The van der Waals surface area contributed by atoms with Gasteiger partial charge in [0, 0.05) is 25.9 Å². The first-order valence-corrected chi connectivity index (χ1v) is 6.70. The average Bonchev–Trinajstić information content (AvgIpc) is 2.15. The zero-order valence-corrected chi connectivity index (χ0v) is 9.26. The van der Waals surface area contributed by atoms with Crippen molar-refractivity contribution in [3.8, 4) is 0 Å². The highest BCUT2D eigenvalue weighted by atomic mass is 31.1. The molecule has 5 heteroatoms. The standard InChI is InChI=1S/C9H15NO3P/c1-14(2)7-13-9(12)10-5-3-8(11)4-6-10/h1,3-7H2,2H3/q+1. The molecule has 0 aromatic rings. The van der Waals surface area contributed by atoms with E-state index in [2.05, 4.69) is 6.30 Å². The molecule has 1 fully saturated rings. The highest BCUT2D eigenvalue weighted by Gasteiger charge is 2.22. The second-order valence-electron chi connectivity index (χ2n) is 3.42. The van der Waals surface area contributed by atoms with Gasteiger partial charge in [-0.25, -0.2) is 4.79 Å². The predicted molar refractivity (Wildman–Crippen MR) is 57.1 cm³/mol. The number of ketones is 1. The zero-order valence-electron chi connectivity index (χ0n) is 8.36. The number of carbonyl (C=O) groups excluding carboxylic acids is 2. The molecule has 14 heavy (non-hydrogen) atoms. The van der Waals surface area contributed by atoms with E-state index in [0.29, 0.717) is 32.3 Å². The van der Waals surface area contributed by atoms with Gasteiger partial charge in [0.15, 0.2) is 0 Å². The van der Waals surface area contributed by atoms with Gasteiger partial charge in [0.2, 0.25) is 6.35 Å². The van der Waals surface area contributed by atoms with E-state index in [1.807, 2.05) is 6.66 Å². The summed E-state index contributed by atoms with van der Waals surface area (Å²) in [5, 5.41) is 0. The number of piperidine rings is 1. The van der Waals surface area contributed by atoms with Crippen LogP contribution >= 0.6 is 7.55 Å². The van der Waals surface area contributed by atoms with Crippen molar-refractivity contribution in [1.82, 2.24) is 4.90 Å². The molecule has 1 heterocycles. The van der Waals surface area contributed by atoms with Gasteiger partial charge in [-0.2, -0.15) is 0 Å². The first kappa shape index (κ1) is 11.2. The van der Waals surface area contributed by atoms with Crippen molar-refractivity contribution in [2.45, 2.75) is 12.8 Å². The van der Waals surface area contributed by atoms with Crippen LogP contribution in [0.25, 0.3) is 0 Å². The summed E-state index contributed by atoms with van der Waals surface area (Å²) in [6.07, 6.45) is 4.79. The second kappa shape index (κ2) is 5.11. The minimum Gasteiger partial charge on any atom is -0.407 e. The largest absolute Gasteiger partial charge is 0.413 e. The fraction of sp³-hybridized carbons (Fsp3) is 0.667. The maximum absolute atomic E-state index is 11.4. The van der Waals surface area contributed by atoms with E-state index in [1.165, 1.54) is 0 Å². The maximum Gasteiger partial charge on any atom is 0.413 e. The third-order valence-electron chi connectivity index (χ3n) is 1.99. The van der Waals surface area contributed by atoms with Gasteiger partial charge >= 0.3 is 6.09 Å². The van der Waals surface area contributed by atoms with E-state index in [4.69, 9.17) is 4.74 Å². The van der Waals surface area contributed by atoms with Crippen LogP contribution in [0, 0.1) is 0 Å². The molecule has 0 radical (unpaired) electrons. The van der Waals surface area contributed by atoms with Crippen LogP contribution in [0.5, 0.6) is 0 Å². The quantitative estimate of drug-likeness (QED) is 0.653. The van der Waals surface area contributed by atoms with Crippen molar-refractivity contribution in [3.05, 3.63) is 0 Å². The van der Waals surface area contributed by atoms with E-state index in [-0.39, 0.29) is 11.9 Å². The molecule has 1 atom stereocenters. The Bertz CT molecular complexity index is 255. The highest BCUT2D eigenvalue weighted by Crippen LogP contribution is 2.14. The number of hydrogen-bond acceptors (Lipinski definition) is 3. The molecule has 1 saturated heterocycles. The van der Waals surface area contributed by atoms with Crippen LogP contribution in [0.2, 0.25) is 0 Å². The Morgan fingerprint density at radius 2 is 2.14 bits per heavy atom. The lowest BCUT2D eigenvalue weighted by atomic mass is 10.1. The van der Waals surface area contributed by atoms with Gasteiger partial charge in [-0.05, 0) is 0 Å². The lowest BCUT2D eigenvalue weighted by Crippen LogP contribution is -2.38. The molecule has 0 aliphatic carbocycles. The third-order valence-corrected chi connectivity index (χ3v) is 2.56. The Morgan fingerprint density at radius 1 is 1.57 bits per heavy atom. The van der Waals surface area contributed by atoms with Crippen LogP contribution in [0.4, 0.5) is 4.79 Å². The Labute approximate surface area is 84.6 Å². The van der Waals surface area contributed by atoms with E-state index < -0.39 is 7.55 Å². The summed E-state index contributed by atoms with van der Waals surface area (Å²) in [5.41, 5.74) is 0. The summed E-state index contributed by atoms with van der Waals surface area (Å²) in [7, 11) is -0.449. The maximum atomic E-state index is 11.4. The molecular weight excluding hydrogens is 201 g/mol. The van der Waals surface area contributed by atoms with Gasteiger partial charge in [-0.3, -0.25) is 4.79 Å². The van der Waals surface area contributed by atoms with Crippen molar-refractivity contribution in [2.75, 3.05) is 26.1 Å². The molecule has 1 unspecified atom stereocenters. The first-order chi connectivity index (χ1) is 6.59. The predicted octanol–water partition coefficient (Wildman–Crippen LogP) is 1.29. The van der Waals surface area contributed by atoms with Gasteiger partial charge in [0.25, 0.3) is 0 Å². The number of hydrogen-bond donors (Lipinski definition) is 0. The van der Waals surface area contributed by atoms with Gasteiger partial charge in [-0.15, -0.1) is 0 Å². The molecule has 1 aliphatic rings. The van der Waals surface area contributed by atoms with E-state index in [0.717, 1.165) is 0 Å². The van der Waals surface area contributed by atoms with Gasteiger partial charge < -0.3 is 9.64 Å². The van der Waals surface area contributed by atoms with Crippen LogP contribution < -0.4 is 0 Å². The minimum absolute atomic E-state index is 0.226. The van der Waals surface area contributed by atoms with E-state index >= 15 is 0 Å².